The third kappa shape index (κ3) is 3.57. The van der Waals surface area contributed by atoms with Gasteiger partial charge in [-0.25, -0.2) is 4.98 Å². The van der Waals surface area contributed by atoms with Crippen LogP contribution in [0, 0.1) is 11.8 Å². The molecule has 0 aromatic carbocycles. The van der Waals surface area contributed by atoms with Crippen LogP contribution in [-0.4, -0.2) is 35.4 Å². The zero-order valence-corrected chi connectivity index (χ0v) is 10.9. The van der Waals surface area contributed by atoms with Crippen LogP contribution in [0.2, 0.25) is 0 Å². The average Bonchev–Trinajstić information content (AvgIpc) is 2.42. The largest absolute Gasteiger partial charge is 0.338 e. The average molecular weight is 245 g/mol. The molecular formula is C14H19N3O. The number of nitrogens with zero attached hydrogens (tertiary/aromatic N) is 2. The Balaban J connectivity index is 3.04. The van der Waals surface area contributed by atoms with Crippen molar-refractivity contribution in [3.05, 3.63) is 29.6 Å². The predicted octanol–water partition coefficient (Wildman–Crippen LogP) is 1.26. The molecule has 0 aliphatic rings. The molecule has 0 saturated carbocycles. The Bertz CT molecular complexity index is 460. The summed E-state index contributed by atoms with van der Waals surface area (Å²) in [5.74, 6) is 5.58. The van der Waals surface area contributed by atoms with Crippen LogP contribution in [0.1, 0.15) is 36.3 Å². The van der Waals surface area contributed by atoms with Crippen LogP contribution in [0.25, 0.3) is 0 Å². The maximum absolute atomic E-state index is 12.3. The third-order valence-corrected chi connectivity index (χ3v) is 2.50. The summed E-state index contributed by atoms with van der Waals surface area (Å²) >= 11 is 0. The summed E-state index contributed by atoms with van der Waals surface area (Å²) in [7, 11) is 0. The van der Waals surface area contributed by atoms with Crippen LogP contribution in [0.3, 0.4) is 0 Å². The molecule has 1 aromatic rings. The molecule has 0 aliphatic carbocycles. The van der Waals surface area contributed by atoms with Crippen molar-refractivity contribution < 1.29 is 4.79 Å². The normalized spacial score (nSPS) is 9.50. The first kappa shape index (κ1) is 14.2. The summed E-state index contributed by atoms with van der Waals surface area (Å²) in [6.45, 7) is 5.68. The second-order valence-electron chi connectivity index (χ2n) is 3.79. The highest BCUT2D eigenvalue weighted by Crippen LogP contribution is 2.08. The Hall–Kier alpha value is -1.86. The van der Waals surface area contributed by atoms with Crippen molar-refractivity contribution in [3.63, 3.8) is 0 Å². The maximum atomic E-state index is 12.3. The molecule has 0 aliphatic heterocycles. The lowest BCUT2D eigenvalue weighted by atomic mass is 10.1. The molecule has 1 amide bonds. The quantitative estimate of drug-likeness (QED) is 0.812. The highest BCUT2D eigenvalue weighted by molar-refractivity contribution is 5.94. The van der Waals surface area contributed by atoms with Crippen molar-refractivity contribution in [2.45, 2.75) is 20.3 Å². The first-order chi connectivity index (χ1) is 8.74. The highest BCUT2D eigenvalue weighted by Gasteiger charge is 2.17. The van der Waals surface area contributed by atoms with Gasteiger partial charge in [0.1, 0.15) is 5.69 Å². The van der Waals surface area contributed by atoms with Crippen LogP contribution in [0.5, 0.6) is 0 Å². The molecule has 2 N–H and O–H groups in total. The van der Waals surface area contributed by atoms with Gasteiger partial charge in [0.15, 0.2) is 0 Å². The lowest BCUT2D eigenvalue weighted by Gasteiger charge is -2.19. The van der Waals surface area contributed by atoms with Crippen LogP contribution < -0.4 is 5.73 Å². The van der Waals surface area contributed by atoms with E-state index >= 15 is 0 Å². The van der Waals surface area contributed by atoms with Gasteiger partial charge in [-0.15, -0.1) is 0 Å². The fourth-order valence-electron chi connectivity index (χ4n) is 1.65. The molecule has 0 atom stereocenters. The monoisotopic (exact) mass is 245 g/mol. The minimum Gasteiger partial charge on any atom is -0.338 e. The molecule has 96 valence electrons. The summed E-state index contributed by atoms with van der Waals surface area (Å²) in [6, 6.07) is 3.57. The number of hydrogen-bond donors (Lipinski definition) is 1. The minimum atomic E-state index is -0.0683. The molecule has 0 spiro atoms. The molecule has 1 aromatic heterocycles. The van der Waals surface area contributed by atoms with Gasteiger partial charge in [-0.3, -0.25) is 4.79 Å². The van der Waals surface area contributed by atoms with Gasteiger partial charge in [0.2, 0.25) is 0 Å². The number of pyridine rings is 1. The number of aromatic nitrogens is 1. The minimum absolute atomic E-state index is 0.0683. The summed E-state index contributed by atoms with van der Waals surface area (Å²) in [5.41, 5.74) is 6.40. The molecule has 0 bridgehead atoms. The molecule has 0 radical (unpaired) electrons. The van der Waals surface area contributed by atoms with Crippen LogP contribution >= 0.6 is 0 Å². The first-order valence-electron chi connectivity index (χ1n) is 6.17. The van der Waals surface area contributed by atoms with Gasteiger partial charge in [0.25, 0.3) is 5.91 Å². The van der Waals surface area contributed by atoms with Crippen LogP contribution in [0.15, 0.2) is 18.3 Å². The van der Waals surface area contributed by atoms with E-state index in [9.17, 15) is 4.79 Å². The Kier molecular flexibility index (Phi) is 5.89. The second-order valence-corrected chi connectivity index (χ2v) is 3.79. The molecule has 4 nitrogen and oxygen atoms in total. The zero-order valence-electron chi connectivity index (χ0n) is 10.9. The van der Waals surface area contributed by atoms with Crippen LogP contribution in [-0.2, 0) is 0 Å². The van der Waals surface area contributed by atoms with Gasteiger partial charge in [-0.05, 0) is 25.5 Å². The number of carbonyl (C=O) groups is 1. The lowest BCUT2D eigenvalue weighted by molar-refractivity contribution is 0.0758. The van der Waals surface area contributed by atoms with E-state index in [0.717, 1.165) is 13.0 Å². The van der Waals surface area contributed by atoms with Gasteiger partial charge in [-0.2, -0.15) is 0 Å². The number of hydrogen-bond acceptors (Lipinski definition) is 3. The Morgan fingerprint density at radius 2 is 2.28 bits per heavy atom. The summed E-state index contributed by atoms with van der Waals surface area (Å²) < 4.78 is 0. The maximum Gasteiger partial charge on any atom is 0.273 e. The standard InChI is InChI=1S/C14H19N3O/c1-3-11-17(4-2)14(18)13-12(7-5-9-15)8-6-10-16-13/h6,8,10H,3-4,9,11,15H2,1-2H3. The number of amides is 1. The fraction of sp³-hybridized carbons (Fsp3) is 0.429. The summed E-state index contributed by atoms with van der Waals surface area (Å²) in [5, 5.41) is 0. The number of nitrogens with two attached hydrogens (primary N) is 1. The van der Waals surface area contributed by atoms with Crippen molar-refractivity contribution in [2.75, 3.05) is 19.6 Å². The van der Waals surface area contributed by atoms with E-state index in [1.165, 1.54) is 0 Å². The number of carbonyl (C=O) groups excluding carboxylic acids is 1. The van der Waals surface area contributed by atoms with Crippen molar-refractivity contribution in [2.24, 2.45) is 5.73 Å². The zero-order chi connectivity index (χ0) is 13.4. The van der Waals surface area contributed by atoms with Crippen LogP contribution in [0.4, 0.5) is 0 Å². The Morgan fingerprint density at radius 3 is 2.89 bits per heavy atom. The summed E-state index contributed by atoms with van der Waals surface area (Å²) in [4.78, 5) is 18.2. The van der Waals surface area contributed by atoms with E-state index in [4.69, 9.17) is 5.73 Å². The first-order valence-corrected chi connectivity index (χ1v) is 6.17. The third-order valence-electron chi connectivity index (χ3n) is 2.50. The Labute approximate surface area is 108 Å². The molecule has 1 rings (SSSR count). The Morgan fingerprint density at radius 1 is 1.50 bits per heavy atom. The molecule has 18 heavy (non-hydrogen) atoms. The predicted molar refractivity (Wildman–Crippen MR) is 72.0 cm³/mol. The number of rotatable bonds is 4. The van der Waals surface area contributed by atoms with Crippen molar-refractivity contribution in [3.8, 4) is 11.8 Å². The highest BCUT2D eigenvalue weighted by atomic mass is 16.2. The SMILES string of the molecule is CCCN(CC)C(=O)c1ncccc1C#CCN. The van der Waals surface area contributed by atoms with Gasteiger partial charge in [0, 0.05) is 19.3 Å². The molecule has 0 unspecified atom stereocenters. The van der Waals surface area contributed by atoms with Gasteiger partial charge in [0.05, 0.1) is 12.1 Å². The van der Waals surface area contributed by atoms with E-state index in [-0.39, 0.29) is 12.5 Å². The van der Waals surface area contributed by atoms with Gasteiger partial charge >= 0.3 is 0 Å². The smallest absolute Gasteiger partial charge is 0.273 e. The van der Waals surface area contributed by atoms with E-state index in [0.29, 0.717) is 17.8 Å². The van der Waals surface area contributed by atoms with E-state index in [1.807, 2.05) is 13.8 Å². The van der Waals surface area contributed by atoms with Crippen molar-refractivity contribution >= 4 is 5.91 Å². The van der Waals surface area contributed by atoms with Crippen molar-refractivity contribution in [1.82, 2.24) is 9.88 Å². The topological polar surface area (TPSA) is 59.2 Å². The van der Waals surface area contributed by atoms with E-state index in [2.05, 4.69) is 16.8 Å². The fourth-order valence-corrected chi connectivity index (χ4v) is 1.65. The van der Waals surface area contributed by atoms with E-state index < -0.39 is 0 Å². The van der Waals surface area contributed by atoms with Gasteiger partial charge < -0.3 is 10.6 Å². The molecule has 4 heteroatoms. The summed E-state index contributed by atoms with van der Waals surface area (Å²) in [6.07, 6.45) is 2.54. The lowest BCUT2D eigenvalue weighted by Crippen LogP contribution is -2.32. The molecule has 0 saturated heterocycles. The molecular weight excluding hydrogens is 226 g/mol. The van der Waals surface area contributed by atoms with E-state index in [1.54, 1.807) is 23.2 Å². The molecule has 1 heterocycles. The second kappa shape index (κ2) is 7.46. The van der Waals surface area contributed by atoms with Crippen molar-refractivity contribution in [1.29, 1.82) is 0 Å². The van der Waals surface area contributed by atoms with Gasteiger partial charge in [-0.1, -0.05) is 18.8 Å². The molecule has 0 fully saturated rings.